The molecule has 39 heavy (non-hydrogen) atoms. The summed E-state index contributed by atoms with van der Waals surface area (Å²) in [7, 11) is -3.86. The Hall–Kier alpha value is -3.36. The number of aryl methyl sites for hydroxylation is 1. The molecule has 0 radical (unpaired) electrons. The molecule has 0 aliphatic rings. The van der Waals surface area contributed by atoms with E-state index in [1.54, 1.807) is 25.1 Å². The van der Waals surface area contributed by atoms with Crippen LogP contribution in [0.1, 0.15) is 36.1 Å². The van der Waals surface area contributed by atoms with Gasteiger partial charge in [0, 0.05) is 24.0 Å². The van der Waals surface area contributed by atoms with Crippen molar-refractivity contribution in [3.05, 3.63) is 100 Å². The van der Waals surface area contributed by atoms with Crippen LogP contribution in [0, 0.1) is 13.8 Å². The largest absolute Gasteiger partial charge is 0.352 e. The molecule has 208 valence electrons. The third kappa shape index (κ3) is 8.07. The molecule has 3 aromatic rings. The van der Waals surface area contributed by atoms with E-state index < -0.39 is 28.5 Å². The van der Waals surface area contributed by atoms with Crippen LogP contribution in [-0.4, -0.2) is 50.0 Å². The van der Waals surface area contributed by atoms with Crippen LogP contribution in [0.25, 0.3) is 0 Å². The number of hydrogen-bond donors (Lipinski definition) is 1. The molecule has 7 nitrogen and oxygen atoms in total. The number of sulfonamides is 1. The summed E-state index contributed by atoms with van der Waals surface area (Å²) in [4.78, 5) is 29.2. The smallest absolute Gasteiger partial charge is 0.244 e. The molecule has 0 unspecified atom stereocenters. The maximum Gasteiger partial charge on any atom is 0.244 e. The molecule has 1 atom stereocenters. The first-order valence-corrected chi connectivity index (χ1v) is 15.0. The van der Waals surface area contributed by atoms with E-state index in [9.17, 15) is 18.0 Å². The van der Waals surface area contributed by atoms with E-state index in [2.05, 4.69) is 5.32 Å². The number of amides is 2. The van der Waals surface area contributed by atoms with Crippen molar-refractivity contribution in [3.63, 3.8) is 0 Å². The number of nitrogens with zero attached hydrogens (tertiary/aromatic N) is 2. The van der Waals surface area contributed by atoms with Crippen LogP contribution in [0.3, 0.4) is 0 Å². The molecular formula is C30H36ClN3O4S. The summed E-state index contributed by atoms with van der Waals surface area (Å²) >= 11 is 6.29. The standard InChI is InChI=1S/C30H36ClN3O4S/c1-21(2)32-30(36)28(18-24-13-7-6-8-14-24)33(19-25-15-10-9-12-22(25)3)29(35)20-34(39(5,37)38)27-17-11-16-26(31)23(27)4/h6-17,21,28H,18-20H2,1-5H3,(H,32,36)/t28-/m0/s1. The van der Waals surface area contributed by atoms with Crippen LogP contribution >= 0.6 is 11.6 Å². The first kappa shape index (κ1) is 30.2. The van der Waals surface area contributed by atoms with Gasteiger partial charge in [0.1, 0.15) is 12.6 Å². The summed E-state index contributed by atoms with van der Waals surface area (Å²) in [6.45, 7) is 7.03. The molecule has 3 aromatic carbocycles. The highest BCUT2D eigenvalue weighted by Crippen LogP contribution is 2.28. The third-order valence-corrected chi connectivity index (χ3v) is 8.03. The molecule has 0 aliphatic carbocycles. The monoisotopic (exact) mass is 569 g/mol. The molecule has 0 fully saturated rings. The second-order valence-corrected chi connectivity index (χ2v) is 12.3. The van der Waals surface area contributed by atoms with Crippen molar-refractivity contribution in [2.75, 3.05) is 17.1 Å². The average Bonchev–Trinajstić information content (AvgIpc) is 2.87. The lowest BCUT2D eigenvalue weighted by Gasteiger charge is -2.34. The molecular weight excluding hydrogens is 534 g/mol. The van der Waals surface area contributed by atoms with E-state index in [0.717, 1.165) is 27.3 Å². The second-order valence-electron chi connectivity index (χ2n) is 9.97. The van der Waals surface area contributed by atoms with Crippen LogP contribution in [0.4, 0.5) is 5.69 Å². The van der Waals surface area contributed by atoms with Crippen LogP contribution < -0.4 is 9.62 Å². The topological polar surface area (TPSA) is 86.8 Å². The molecule has 0 spiro atoms. The predicted molar refractivity (Wildman–Crippen MR) is 157 cm³/mol. The van der Waals surface area contributed by atoms with Crippen LogP contribution in [0.5, 0.6) is 0 Å². The van der Waals surface area contributed by atoms with Crippen molar-refractivity contribution < 1.29 is 18.0 Å². The Bertz CT molecular complexity index is 1410. The summed E-state index contributed by atoms with van der Waals surface area (Å²) in [6.07, 6.45) is 1.32. The van der Waals surface area contributed by atoms with Crippen molar-refractivity contribution in [2.24, 2.45) is 0 Å². The maximum atomic E-state index is 14.1. The van der Waals surface area contributed by atoms with Crippen molar-refractivity contribution in [1.82, 2.24) is 10.2 Å². The summed E-state index contributed by atoms with van der Waals surface area (Å²) in [5.74, 6) is -0.802. The zero-order chi connectivity index (χ0) is 28.7. The summed E-state index contributed by atoms with van der Waals surface area (Å²) in [5, 5.41) is 3.34. The van der Waals surface area contributed by atoms with Crippen molar-refractivity contribution in [2.45, 2.75) is 52.7 Å². The summed E-state index contributed by atoms with van der Waals surface area (Å²) in [5.41, 5.74) is 3.58. The fourth-order valence-electron chi connectivity index (χ4n) is 4.37. The Kier molecular flexibility index (Phi) is 10.2. The second kappa shape index (κ2) is 13.1. The quantitative estimate of drug-likeness (QED) is 0.356. The maximum absolute atomic E-state index is 14.1. The van der Waals surface area contributed by atoms with E-state index in [-0.39, 0.29) is 24.9 Å². The average molecular weight is 570 g/mol. The summed E-state index contributed by atoms with van der Waals surface area (Å²) < 4.78 is 26.9. The minimum atomic E-state index is -3.86. The van der Waals surface area contributed by atoms with E-state index in [1.165, 1.54) is 4.90 Å². The Balaban J connectivity index is 2.09. The highest BCUT2D eigenvalue weighted by atomic mass is 35.5. The van der Waals surface area contributed by atoms with E-state index in [0.29, 0.717) is 16.3 Å². The number of rotatable bonds is 11. The van der Waals surface area contributed by atoms with Crippen molar-refractivity contribution in [1.29, 1.82) is 0 Å². The van der Waals surface area contributed by atoms with Crippen molar-refractivity contribution in [3.8, 4) is 0 Å². The number of halogens is 1. The Morgan fingerprint density at radius 1 is 0.923 bits per heavy atom. The Labute approximate surface area is 236 Å². The molecule has 2 amide bonds. The van der Waals surface area contributed by atoms with Gasteiger partial charge in [-0.15, -0.1) is 0 Å². The van der Waals surface area contributed by atoms with Gasteiger partial charge in [-0.3, -0.25) is 13.9 Å². The number of carbonyl (C=O) groups excluding carboxylic acids is 2. The Morgan fingerprint density at radius 3 is 2.18 bits per heavy atom. The highest BCUT2D eigenvalue weighted by Gasteiger charge is 2.33. The van der Waals surface area contributed by atoms with Gasteiger partial charge in [-0.1, -0.05) is 72.3 Å². The fourth-order valence-corrected chi connectivity index (χ4v) is 5.44. The molecule has 0 aromatic heterocycles. The molecule has 0 heterocycles. The first-order valence-electron chi connectivity index (χ1n) is 12.8. The van der Waals surface area contributed by atoms with Crippen molar-refractivity contribution >= 4 is 39.1 Å². The van der Waals surface area contributed by atoms with Gasteiger partial charge in [-0.25, -0.2) is 8.42 Å². The molecule has 0 aliphatic heterocycles. The molecule has 0 bridgehead atoms. The number of hydrogen-bond acceptors (Lipinski definition) is 4. The van der Waals surface area contributed by atoms with Crippen LogP contribution in [0.15, 0.2) is 72.8 Å². The van der Waals surface area contributed by atoms with Gasteiger partial charge in [-0.05, 0) is 62.1 Å². The normalized spacial score (nSPS) is 12.2. The zero-order valence-electron chi connectivity index (χ0n) is 23.0. The van der Waals surface area contributed by atoms with Gasteiger partial charge in [-0.2, -0.15) is 0 Å². The zero-order valence-corrected chi connectivity index (χ0v) is 24.6. The molecule has 0 saturated carbocycles. The molecule has 9 heteroatoms. The van der Waals surface area contributed by atoms with E-state index in [1.807, 2.05) is 75.4 Å². The molecule has 1 N–H and O–H groups in total. The van der Waals surface area contributed by atoms with Gasteiger partial charge in [0.25, 0.3) is 0 Å². The minimum absolute atomic E-state index is 0.140. The van der Waals surface area contributed by atoms with Gasteiger partial charge in [0.05, 0.1) is 11.9 Å². The lowest BCUT2D eigenvalue weighted by atomic mass is 10.0. The number of anilines is 1. The predicted octanol–water partition coefficient (Wildman–Crippen LogP) is 4.89. The summed E-state index contributed by atoms with van der Waals surface area (Å²) in [6, 6.07) is 21.0. The lowest BCUT2D eigenvalue weighted by Crippen LogP contribution is -2.54. The number of benzene rings is 3. The Morgan fingerprint density at radius 2 is 1.56 bits per heavy atom. The number of nitrogens with one attached hydrogen (secondary N) is 1. The van der Waals surface area contributed by atoms with Gasteiger partial charge >= 0.3 is 0 Å². The highest BCUT2D eigenvalue weighted by molar-refractivity contribution is 7.92. The van der Waals surface area contributed by atoms with Gasteiger partial charge in [0.2, 0.25) is 21.8 Å². The third-order valence-electron chi connectivity index (χ3n) is 6.49. The molecule has 3 rings (SSSR count). The van der Waals surface area contributed by atoms with Crippen LogP contribution in [-0.2, 0) is 32.6 Å². The van der Waals surface area contributed by atoms with E-state index >= 15 is 0 Å². The fraction of sp³-hybridized carbons (Fsp3) is 0.333. The van der Waals surface area contributed by atoms with Gasteiger partial charge in [0.15, 0.2) is 0 Å². The lowest BCUT2D eigenvalue weighted by molar-refractivity contribution is -0.140. The van der Waals surface area contributed by atoms with Gasteiger partial charge < -0.3 is 10.2 Å². The first-order chi connectivity index (χ1) is 18.4. The number of carbonyl (C=O) groups is 2. The molecule has 0 saturated heterocycles. The minimum Gasteiger partial charge on any atom is -0.352 e. The SMILES string of the molecule is Cc1ccccc1CN(C(=O)CN(c1cccc(Cl)c1C)S(C)(=O)=O)[C@@H](Cc1ccccc1)C(=O)NC(C)C. The van der Waals surface area contributed by atoms with Crippen LogP contribution in [0.2, 0.25) is 5.02 Å². The van der Waals surface area contributed by atoms with E-state index in [4.69, 9.17) is 11.6 Å².